The normalized spacial score (nSPS) is 10.1. The van der Waals surface area contributed by atoms with Gasteiger partial charge in [0.1, 0.15) is 5.82 Å². The fraction of sp³-hybridized carbons (Fsp3) is 0.167. The molecule has 0 fully saturated rings. The molecule has 0 radical (unpaired) electrons. The summed E-state index contributed by atoms with van der Waals surface area (Å²) in [5, 5.41) is 0. The highest BCUT2D eigenvalue weighted by atomic mass is 14.9. The Hall–Kier alpha value is -1.90. The Kier molecular flexibility index (Phi) is 2.93. The number of aryl methyl sites for hydroxylation is 2. The fourth-order valence-electron chi connectivity index (χ4n) is 1.39. The van der Waals surface area contributed by atoms with Crippen LogP contribution in [0.15, 0.2) is 42.7 Å². The highest BCUT2D eigenvalue weighted by Crippen LogP contribution is 2.04. The van der Waals surface area contributed by atoms with E-state index in [1.54, 1.807) is 12.4 Å². The predicted octanol–water partition coefficient (Wildman–Crippen LogP) is 1.84. The zero-order chi connectivity index (χ0) is 10.5. The third-order valence-electron chi connectivity index (χ3n) is 2.21. The molecule has 3 heteroatoms. The minimum Gasteiger partial charge on any atom is -0.396 e. The van der Waals surface area contributed by atoms with Gasteiger partial charge in [0.2, 0.25) is 0 Å². The molecule has 0 atom stereocenters. The maximum absolute atomic E-state index is 5.51. The second-order valence-corrected chi connectivity index (χ2v) is 3.42. The third kappa shape index (κ3) is 2.77. The summed E-state index contributed by atoms with van der Waals surface area (Å²) in [4.78, 5) is 8.31. The molecule has 0 aliphatic rings. The Morgan fingerprint density at radius 2 is 1.60 bits per heavy atom. The molecule has 76 valence electrons. The fourth-order valence-corrected chi connectivity index (χ4v) is 1.39. The van der Waals surface area contributed by atoms with Crippen LogP contribution in [-0.2, 0) is 12.8 Å². The van der Waals surface area contributed by atoms with Gasteiger partial charge in [0.25, 0.3) is 0 Å². The average molecular weight is 199 g/mol. The molecular formula is C12H13N3. The summed E-state index contributed by atoms with van der Waals surface area (Å²) >= 11 is 0. The summed E-state index contributed by atoms with van der Waals surface area (Å²) < 4.78 is 0. The number of anilines is 1. The number of aromatic nitrogens is 2. The van der Waals surface area contributed by atoms with Crippen LogP contribution in [0.3, 0.4) is 0 Å². The molecule has 0 unspecified atom stereocenters. The molecule has 0 aliphatic heterocycles. The summed E-state index contributed by atoms with van der Waals surface area (Å²) in [6.07, 6.45) is 5.11. The topological polar surface area (TPSA) is 51.8 Å². The minimum atomic E-state index is 0.610. The van der Waals surface area contributed by atoms with Crippen molar-refractivity contribution < 1.29 is 0 Å². The van der Waals surface area contributed by atoms with Gasteiger partial charge in [-0.1, -0.05) is 30.3 Å². The molecule has 0 spiro atoms. The van der Waals surface area contributed by atoms with Crippen LogP contribution in [0.5, 0.6) is 0 Å². The van der Waals surface area contributed by atoms with E-state index in [0.717, 1.165) is 18.7 Å². The molecule has 3 nitrogen and oxygen atoms in total. The Morgan fingerprint density at radius 3 is 2.27 bits per heavy atom. The quantitative estimate of drug-likeness (QED) is 0.820. The van der Waals surface area contributed by atoms with Gasteiger partial charge in [0.15, 0.2) is 0 Å². The maximum Gasteiger partial charge on any atom is 0.128 e. The van der Waals surface area contributed by atoms with E-state index in [1.807, 2.05) is 18.2 Å². The molecule has 0 bridgehead atoms. The first-order chi connectivity index (χ1) is 7.34. The minimum absolute atomic E-state index is 0.610. The van der Waals surface area contributed by atoms with E-state index >= 15 is 0 Å². The SMILES string of the molecule is Nc1cnc(CCc2ccccc2)nc1. The average Bonchev–Trinajstić information content (AvgIpc) is 2.30. The van der Waals surface area contributed by atoms with Gasteiger partial charge in [-0.05, 0) is 12.0 Å². The molecular weight excluding hydrogens is 186 g/mol. The van der Waals surface area contributed by atoms with Crippen molar-refractivity contribution in [3.63, 3.8) is 0 Å². The van der Waals surface area contributed by atoms with E-state index in [2.05, 4.69) is 22.1 Å². The van der Waals surface area contributed by atoms with Crippen molar-refractivity contribution in [3.05, 3.63) is 54.1 Å². The van der Waals surface area contributed by atoms with Crippen molar-refractivity contribution in [3.8, 4) is 0 Å². The lowest BCUT2D eigenvalue weighted by Crippen LogP contribution is -1.98. The molecule has 0 saturated heterocycles. The molecule has 2 N–H and O–H groups in total. The van der Waals surface area contributed by atoms with Gasteiger partial charge in [0, 0.05) is 6.42 Å². The van der Waals surface area contributed by atoms with Crippen LogP contribution < -0.4 is 5.73 Å². The maximum atomic E-state index is 5.51. The van der Waals surface area contributed by atoms with Gasteiger partial charge in [-0.3, -0.25) is 0 Å². The van der Waals surface area contributed by atoms with Crippen LogP contribution >= 0.6 is 0 Å². The van der Waals surface area contributed by atoms with Gasteiger partial charge in [0.05, 0.1) is 18.1 Å². The molecule has 0 aliphatic carbocycles. The molecule has 2 aromatic rings. The van der Waals surface area contributed by atoms with Gasteiger partial charge < -0.3 is 5.73 Å². The number of nitrogens with two attached hydrogens (primary N) is 1. The standard InChI is InChI=1S/C12H13N3/c13-11-8-14-12(15-9-11)7-6-10-4-2-1-3-5-10/h1-5,8-9H,6-7,13H2. The highest BCUT2D eigenvalue weighted by molar-refractivity contribution is 5.30. The van der Waals surface area contributed by atoms with E-state index in [-0.39, 0.29) is 0 Å². The molecule has 0 saturated carbocycles. The van der Waals surface area contributed by atoms with E-state index in [4.69, 9.17) is 5.73 Å². The van der Waals surface area contributed by atoms with Crippen molar-refractivity contribution in [2.75, 3.05) is 5.73 Å². The summed E-state index contributed by atoms with van der Waals surface area (Å²) in [7, 11) is 0. The lowest BCUT2D eigenvalue weighted by atomic mass is 10.1. The lowest BCUT2D eigenvalue weighted by molar-refractivity contribution is 0.859. The Labute approximate surface area is 89.0 Å². The van der Waals surface area contributed by atoms with Crippen molar-refractivity contribution in [1.82, 2.24) is 9.97 Å². The van der Waals surface area contributed by atoms with Crippen LogP contribution in [0.25, 0.3) is 0 Å². The second kappa shape index (κ2) is 4.55. The van der Waals surface area contributed by atoms with Crippen LogP contribution in [0, 0.1) is 0 Å². The summed E-state index contributed by atoms with van der Waals surface area (Å²) in [6.45, 7) is 0. The van der Waals surface area contributed by atoms with Crippen LogP contribution in [-0.4, -0.2) is 9.97 Å². The number of nitrogen functional groups attached to an aromatic ring is 1. The van der Waals surface area contributed by atoms with E-state index < -0.39 is 0 Å². The van der Waals surface area contributed by atoms with Crippen LogP contribution in [0.2, 0.25) is 0 Å². The first-order valence-electron chi connectivity index (χ1n) is 4.95. The van der Waals surface area contributed by atoms with E-state index in [1.165, 1.54) is 5.56 Å². The number of hydrogen-bond acceptors (Lipinski definition) is 3. The largest absolute Gasteiger partial charge is 0.396 e. The summed E-state index contributed by atoms with van der Waals surface area (Å²) in [6, 6.07) is 10.3. The monoisotopic (exact) mass is 199 g/mol. The second-order valence-electron chi connectivity index (χ2n) is 3.42. The van der Waals surface area contributed by atoms with Gasteiger partial charge in [-0.25, -0.2) is 9.97 Å². The molecule has 1 heterocycles. The molecule has 0 amide bonds. The molecule has 15 heavy (non-hydrogen) atoms. The zero-order valence-corrected chi connectivity index (χ0v) is 8.43. The Morgan fingerprint density at radius 1 is 0.933 bits per heavy atom. The smallest absolute Gasteiger partial charge is 0.128 e. The number of hydrogen-bond donors (Lipinski definition) is 1. The summed E-state index contributed by atoms with van der Waals surface area (Å²) in [5.41, 5.74) is 7.42. The third-order valence-corrected chi connectivity index (χ3v) is 2.21. The zero-order valence-electron chi connectivity index (χ0n) is 8.43. The molecule has 2 rings (SSSR count). The van der Waals surface area contributed by atoms with Crippen molar-refractivity contribution in [2.45, 2.75) is 12.8 Å². The van der Waals surface area contributed by atoms with Crippen LogP contribution in [0.1, 0.15) is 11.4 Å². The number of benzene rings is 1. The van der Waals surface area contributed by atoms with Crippen molar-refractivity contribution in [2.24, 2.45) is 0 Å². The predicted molar refractivity (Wildman–Crippen MR) is 60.3 cm³/mol. The summed E-state index contributed by atoms with van der Waals surface area (Å²) in [5.74, 6) is 0.841. The lowest BCUT2D eigenvalue weighted by Gasteiger charge is -2.00. The molecule has 1 aromatic carbocycles. The Bertz CT molecular complexity index is 409. The van der Waals surface area contributed by atoms with Crippen LogP contribution in [0.4, 0.5) is 5.69 Å². The number of rotatable bonds is 3. The van der Waals surface area contributed by atoms with Gasteiger partial charge in [-0.15, -0.1) is 0 Å². The molecule has 1 aromatic heterocycles. The van der Waals surface area contributed by atoms with E-state index in [9.17, 15) is 0 Å². The highest BCUT2D eigenvalue weighted by Gasteiger charge is 1.97. The van der Waals surface area contributed by atoms with E-state index in [0.29, 0.717) is 5.69 Å². The van der Waals surface area contributed by atoms with Crippen molar-refractivity contribution >= 4 is 5.69 Å². The van der Waals surface area contributed by atoms with Gasteiger partial charge in [-0.2, -0.15) is 0 Å². The number of nitrogens with zero attached hydrogens (tertiary/aromatic N) is 2. The Balaban J connectivity index is 1.96. The first kappa shape index (κ1) is 9.65. The van der Waals surface area contributed by atoms with Crippen molar-refractivity contribution in [1.29, 1.82) is 0 Å². The first-order valence-corrected chi connectivity index (χ1v) is 4.95. The van der Waals surface area contributed by atoms with Gasteiger partial charge >= 0.3 is 0 Å².